The average molecular weight is 398 g/mol. The molecule has 0 saturated carbocycles. The van der Waals surface area contributed by atoms with Crippen molar-refractivity contribution in [2.45, 2.75) is 6.10 Å². The minimum absolute atomic E-state index is 0.206. The van der Waals surface area contributed by atoms with Crippen LogP contribution in [0.3, 0.4) is 0 Å². The number of oxazole rings is 1. The van der Waals surface area contributed by atoms with Crippen molar-refractivity contribution in [2.75, 3.05) is 13.7 Å². The molecule has 30 heavy (non-hydrogen) atoms. The summed E-state index contributed by atoms with van der Waals surface area (Å²) in [6.07, 6.45) is 1.45. The van der Waals surface area contributed by atoms with Gasteiger partial charge in [0, 0.05) is 24.8 Å². The van der Waals surface area contributed by atoms with E-state index in [1.807, 2.05) is 78.9 Å². The molecule has 3 aromatic carbocycles. The monoisotopic (exact) mass is 398 g/mol. The number of nitrogens with one attached hydrogen (secondary N) is 1. The van der Waals surface area contributed by atoms with Gasteiger partial charge in [0.1, 0.15) is 0 Å². The first-order valence-corrected chi connectivity index (χ1v) is 9.73. The lowest BCUT2D eigenvalue weighted by atomic mass is 10.1. The summed E-state index contributed by atoms with van der Waals surface area (Å²) < 4.78 is 11.5. The maximum absolute atomic E-state index is 12.9. The molecule has 1 heterocycles. The number of nitrogens with zero attached hydrogens (tertiary/aromatic N) is 1. The van der Waals surface area contributed by atoms with E-state index in [4.69, 9.17) is 9.15 Å². The Morgan fingerprint density at radius 2 is 1.63 bits per heavy atom. The molecule has 0 bridgehead atoms. The molecule has 1 aromatic heterocycles. The number of carbonyl (C=O) groups is 1. The number of hydrogen-bond donors (Lipinski definition) is 1. The zero-order valence-corrected chi connectivity index (χ0v) is 16.6. The number of aromatic nitrogens is 1. The Morgan fingerprint density at radius 3 is 2.37 bits per heavy atom. The second-order valence-electron chi connectivity index (χ2n) is 6.79. The maximum atomic E-state index is 12.9. The fourth-order valence-corrected chi connectivity index (χ4v) is 3.29. The lowest BCUT2D eigenvalue weighted by molar-refractivity contribution is 0.0828. The van der Waals surface area contributed by atoms with Crippen molar-refractivity contribution in [3.63, 3.8) is 0 Å². The summed E-state index contributed by atoms with van der Waals surface area (Å²) >= 11 is 0. The molecule has 0 fully saturated rings. The van der Waals surface area contributed by atoms with E-state index in [1.54, 1.807) is 19.4 Å². The van der Waals surface area contributed by atoms with Gasteiger partial charge in [0.15, 0.2) is 5.76 Å². The van der Waals surface area contributed by atoms with Gasteiger partial charge in [-0.05, 0) is 17.7 Å². The van der Waals surface area contributed by atoms with Crippen LogP contribution in [-0.4, -0.2) is 24.5 Å². The van der Waals surface area contributed by atoms with Gasteiger partial charge in [0.05, 0.1) is 17.9 Å². The lowest BCUT2D eigenvalue weighted by Gasteiger charge is -2.17. The average Bonchev–Trinajstić information content (AvgIpc) is 3.31. The first-order valence-electron chi connectivity index (χ1n) is 9.73. The van der Waals surface area contributed by atoms with E-state index in [0.717, 1.165) is 11.1 Å². The molecule has 0 aliphatic rings. The Labute approximate surface area is 175 Å². The van der Waals surface area contributed by atoms with E-state index >= 15 is 0 Å². The molecule has 0 aliphatic heterocycles. The normalized spacial score (nSPS) is 11.8. The van der Waals surface area contributed by atoms with Gasteiger partial charge >= 0.3 is 0 Å². The SMILES string of the molecule is CO[C@H](CNC(=O)c1ccccc1-c1ncc(-c2ccccc2)o1)c1ccccc1. The van der Waals surface area contributed by atoms with Crippen LogP contribution in [0.25, 0.3) is 22.8 Å². The lowest BCUT2D eigenvalue weighted by Crippen LogP contribution is -2.29. The van der Waals surface area contributed by atoms with E-state index < -0.39 is 0 Å². The molecule has 1 atom stereocenters. The van der Waals surface area contributed by atoms with Crippen LogP contribution >= 0.6 is 0 Å². The fourth-order valence-electron chi connectivity index (χ4n) is 3.29. The second kappa shape index (κ2) is 9.20. The summed E-state index contributed by atoms with van der Waals surface area (Å²) in [7, 11) is 1.63. The molecule has 0 unspecified atom stereocenters. The molecule has 1 amide bonds. The highest BCUT2D eigenvalue weighted by Gasteiger charge is 2.18. The van der Waals surface area contributed by atoms with Crippen molar-refractivity contribution in [3.05, 3.63) is 102 Å². The first-order chi connectivity index (χ1) is 14.8. The predicted octanol–water partition coefficient (Wildman–Crippen LogP) is 5.13. The van der Waals surface area contributed by atoms with Crippen LogP contribution in [-0.2, 0) is 4.74 Å². The van der Waals surface area contributed by atoms with Crippen LogP contribution in [0.15, 0.2) is 95.5 Å². The van der Waals surface area contributed by atoms with Crippen molar-refractivity contribution in [1.82, 2.24) is 10.3 Å². The zero-order chi connectivity index (χ0) is 20.8. The molecule has 5 heteroatoms. The van der Waals surface area contributed by atoms with E-state index in [9.17, 15) is 4.79 Å². The van der Waals surface area contributed by atoms with E-state index in [2.05, 4.69) is 10.3 Å². The molecule has 150 valence electrons. The Morgan fingerprint density at radius 1 is 0.967 bits per heavy atom. The maximum Gasteiger partial charge on any atom is 0.252 e. The Kier molecular flexibility index (Phi) is 6.01. The molecule has 0 saturated heterocycles. The van der Waals surface area contributed by atoms with Gasteiger partial charge in [-0.3, -0.25) is 4.79 Å². The Hall–Kier alpha value is -3.70. The van der Waals surface area contributed by atoms with Gasteiger partial charge in [-0.1, -0.05) is 72.8 Å². The molecular weight excluding hydrogens is 376 g/mol. The number of ether oxygens (including phenoxy) is 1. The highest BCUT2D eigenvalue weighted by atomic mass is 16.5. The van der Waals surface area contributed by atoms with E-state index in [0.29, 0.717) is 29.3 Å². The number of methoxy groups -OCH3 is 1. The van der Waals surface area contributed by atoms with Gasteiger partial charge in [0.2, 0.25) is 5.89 Å². The molecule has 4 aromatic rings. The number of benzene rings is 3. The van der Waals surface area contributed by atoms with Crippen molar-refractivity contribution >= 4 is 5.91 Å². The third-order valence-corrected chi connectivity index (χ3v) is 4.87. The van der Waals surface area contributed by atoms with Gasteiger partial charge in [-0.25, -0.2) is 4.98 Å². The summed E-state index contributed by atoms with van der Waals surface area (Å²) in [6, 6.07) is 26.8. The number of rotatable bonds is 7. The minimum Gasteiger partial charge on any atom is -0.436 e. The van der Waals surface area contributed by atoms with Gasteiger partial charge in [-0.2, -0.15) is 0 Å². The third-order valence-electron chi connectivity index (χ3n) is 4.87. The predicted molar refractivity (Wildman–Crippen MR) is 116 cm³/mol. The summed E-state index contributed by atoms with van der Waals surface area (Å²) in [5, 5.41) is 2.96. The molecule has 1 N–H and O–H groups in total. The summed E-state index contributed by atoms with van der Waals surface area (Å²) in [5.74, 6) is 0.860. The van der Waals surface area contributed by atoms with Gasteiger partial charge in [0.25, 0.3) is 5.91 Å². The van der Waals surface area contributed by atoms with Crippen molar-refractivity contribution in [1.29, 1.82) is 0 Å². The topological polar surface area (TPSA) is 64.4 Å². The van der Waals surface area contributed by atoms with E-state index in [1.165, 1.54) is 0 Å². The molecule has 0 radical (unpaired) electrons. The van der Waals surface area contributed by atoms with Crippen LogP contribution in [0.4, 0.5) is 0 Å². The second-order valence-corrected chi connectivity index (χ2v) is 6.79. The quantitative estimate of drug-likeness (QED) is 0.469. The number of carbonyl (C=O) groups excluding carboxylic acids is 1. The van der Waals surface area contributed by atoms with Crippen LogP contribution in [0.2, 0.25) is 0 Å². The van der Waals surface area contributed by atoms with Gasteiger partial charge in [-0.15, -0.1) is 0 Å². The highest BCUT2D eigenvalue weighted by Crippen LogP contribution is 2.28. The molecule has 0 aliphatic carbocycles. The first kappa shape index (κ1) is 19.6. The molecule has 0 spiro atoms. The third kappa shape index (κ3) is 4.31. The largest absolute Gasteiger partial charge is 0.436 e. The van der Waals surface area contributed by atoms with Crippen LogP contribution in [0.5, 0.6) is 0 Å². The van der Waals surface area contributed by atoms with Gasteiger partial charge < -0.3 is 14.5 Å². The van der Waals surface area contributed by atoms with E-state index in [-0.39, 0.29) is 12.0 Å². The standard InChI is InChI=1S/C25H22N2O3/c1-29-22(18-10-4-2-5-11-18)16-26-24(28)20-14-8-9-15-21(20)25-27-17-23(30-25)19-12-6-3-7-13-19/h2-15,17,22H,16H2,1H3,(H,26,28)/t22-/m1/s1. The summed E-state index contributed by atoms with van der Waals surface area (Å²) in [5.41, 5.74) is 3.09. The highest BCUT2D eigenvalue weighted by molar-refractivity contribution is 6.00. The molecule has 4 rings (SSSR count). The van der Waals surface area contributed by atoms with Crippen LogP contribution < -0.4 is 5.32 Å². The van der Waals surface area contributed by atoms with Crippen LogP contribution in [0.1, 0.15) is 22.0 Å². The Balaban J connectivity index is 1.53. The smallest absolute Gasteiger partial charge is 0.252 e. The summed E-state index contributed by atoms with van der Waals surface area (Å²) in [4.78, 5) is 17.3. The zero-order valence-electron chi connectivity index (χ0n) is 16.6. The number of amides is 1. The van der Waals surface area contributed by atoms with Crippen LogP contribution in [0, 0.1) is 0 Å². The van der Waals surface area contributed by atoms with Crippen molar-refractivity contribution in [2.24, 2.45) is 0 Å². The van der Waals surface area contributed by atoms with Crippen molar-refractivity contribution < 1.29 is 13.9 Å². The molecule has 5 nitrogen and oxygen atoms in total. The minimum atomic E-state index is -0.228. The number of hydrogen-bond acceptors (Lipinski definition) is 4. The van der Waals surface area contributed by atoms with Crippen molar-refractivity contribution in [3.8, 4) is 22.8 Å². The summed E-state index contributed by atoms with van der Waals surface area (Å²) in [6.45, 7) is 0.356. The Bertz CT molecular complexity index is 1110. The molecular formula is C25H22N2O3. The fraction of sp³-hybridized carbons (Fsp3) is 0.120.